The van der Waals surface area contributed by atoms with Gasteiger partial charge in [0.05, 0.1) is 12.0 Å². The van der Waals surface area contributed by atoms with Crippen molar-refractivity contribution in [3.8, 4) is 5.75 Å². The summed E-state index contributed by atoms with van der Waals surface area (Å²) in [6.07, 6.45) is -1.71. The fraction of sp³-hybridized carbons (Fsp3) is 0.364. The van der Waals surface area contributed by atoms with Crippen LogP contribution in [0.1, 0.15) is 5.56 Å². The first-order valence-electron chi connectivity index (χ1n) is 5.31. The highest BCUT2D eigenvalue weighted by Crippen LogP contribution is 2.27. The normalized spacial score (nSPS) is 11.7. The van der Waals surface area contributed by atoms with Crippen molar-refractivity contribution in [2.24, 2.45) is 0 Å². The maximum atomic E-state index is 10.7. The van der Waals surface area contributed by atoms with E-state index in [1.807, 2.05) is 0 Å². The van der Waals surface area contributed by atoms with Crippen LogP contribution in [0, 0.1) is 10.1 Å². The molecule has 0 aromatic heterocycles. The number of nitro groups is 1. The second-order valence-electron chi connectivity index (χ2n) is 3.64. The Balaban J connectivity index is 2.90. The molecule has 0 aliphatic carbocycles. The minimum absolute atomic E-state index is 0.118. The third-order valence-corrected chi connectivity index (χ3v) is 2.43. The van der Waals surface area contributed by atoms with Crippen LogP contribution in [0.15, 0.2) is 18.2 Å². The number of hydrogen-bond donors (Lipinski definition) is 2. The van der Waals surface area contributed by atoms with Crippen molar-refractivity contribution in [1.29, 1.82) is 0 Å². The summed E-state index contributed by atoms with van der Waals surface area (Å²) in [5, 5.41) is 21.5. The van der Waals surface area contributed by atoms with Crippen LogP contribution in [-0.4, -0.2) is 36.6 Å². The lowest BCUT2D eigenvalue weighted by atomic mass is 10.1. The van der Waals surface area contributed by atoms with Crippen LogP contribution in [0.25, 0.3) is 0 Å². The Labute approximate surface area is 109 Å². The first-order valence-corrected chi connectivity index (χ1v) is 5.31. The number of carbonyl (C=O) groups is 1. The highest BCUT2D eigenvalue weighted by Gasteiger charge is 2.17. The quantitative estimate of drug-likeness (QED) is 0.459. The average Bonchev–Trinajstić information content (AvgIpc) is 2.36. The zero-order chi connectivity index (χ0) is 14.4. The molecule has 1 atom stereocenters. The summed E-state index contributed by atoms with van der Waals surface area (Å²) in [5.41, 5.74) is 0.509. The Morgan fingerprint density at radius 2 is 2.21 bits per heavy atom. The predicted molar refractivity (Wildman–Crippen MR) is 65.3 cm³/mol. The molecule has 1 rings (SSSR count). The number of nitrogens with zero attached hydrogens (tertiary/aromatic N) is 1. The van der Waals surface area contributed by atoms with E-state index in [2.05, 4.69) is 5.32 Å². The number of nitro benzene ring substituents is 1. The minimum Gasteiger partial charge on any atom is -0.490 e. The maximum Gasteiger partial charge on any atom is 0.406 e. The van der Waals surface area contributed by atoms with Gasteiger partial charge in [0.2, 0.25) is 0 Å². The monoisotopic (exact) mass is 270 g/mol. The standard InChI is InChI=1S/C11H14N2O6/c1-18-9-5-7(3-4-8(9)13(16)17)6-10(19-2)12-11(14)15/h3-5,10,12H,6H2,1-2H3,(H,14,15). The Bertz CT molecular complexity index is 476. The van der Waals surface area contributed by atoms with E-state index >= 15 is 0 Å². The molecule has 19 heavy (non-hydrogen) atoms. The van der Waals surface area contributed by atoms with E-state index < -0.39 is 17.2 Å². The highest BCUT2D eigenvalue weighted by atomic mass is 16.6. The lowest BCUT2D eigenvalue weighted by molar-refractivity contribution is -0.385. The summed E-state index contributed by atoms with van der Waals surface area (Å²) in [6.45, 7) is 0. The fourth-order valence-electron chi connectivity index (χ4n) is 1.54. The molecule has 2 N–H and O–H groups in total. The van der Waals surface area contributed by atoms with Gasteiger partial charge in [-0.2, -0.15) is 0 Å². The molecule has 0 radical (unpaired) electrons. The molecule has 0 aliphatic rings. The van der Waals surface area contributed by atoms with Crippen LogP contribution in [0.5, 0.6) is 5.75 Å². The first-order chi connectivity index (χ1) is 8.97. The summed E-state index contributed by atoms with van der Waals surface area (Å²) in [6, 6.07) is 4.31. The van der Waals surface area contributed by atoms with Crippen LogP contribution in [-0.2, 0) is 11.2 Å². The molecule has 0 saturated carbocycles. The fourth-order valence-corrected chi connectivity index (χ4v) is 1.54. The summed E-state index contributed by atoms with van der Waals surface area (Å²) in [7, 11) is 2.69. The molecule has 1 amide bonds. The zero-order valence-corrected chi connectivity index (χ0v) is 10.5. The van der Waals surface area contributed by atoms with E-state index in [0.717, 1.165) is 0 Å². The van der Waals surface area contributed by atoms with Gasteiger partial charge in [0.25, 0.3) is 0 Å². The average molecular weight is 270 g/mol. The topological polar surface area (TPSA) is 111 Å². The summed E-state index contributed by atoms with van der Waals surface area (Å²) < 4.78 is 9.87. The highest BCUT2D eigenvalue weighted by molar-refractivity contribution is 5.64. The summed E-state index contributed by atoms with van der Waals surface area (Å²) >= 11 is 0. The van der Waals surface area contributed by atoms with Gasteiger partial charge in [-0.15, -0.1) is 0 Å². The first kappa shape index (κ1) is 14.7. The molecular weight excluding hydrogens is 256 g/mol. The molecule has 104 valence electrons. The molecule has 1 unspecified atom stereocenters. The molecule has 1 aromatic carbocycles. The van der Waals surface area contributed by atoms with Crippen LogP contribution in [0.3, 0.4) is 0 Å². The van der Waals surface area contributed by atoms with Crippen molar-refractivity contribution < 1.29 is 24.3 Å². The van der Waals surface area contributed by atoms with Crippen molar-refractivity contribution in [2.45, 2.75) is 12.6 Å². The van der Waals surface area contributed by atoms with E-state index in [9.17, 15) is 14.9 Å². The second kappa shape index (κ2) is 6.55. The van der Waals surface area contributed by atoms with Crippen molar-refractivity contribution in [1.82, 2.24) is 5.32 Å². The van der Waals surface area contributed by atoms with E-state index in [-0.39, 0.29) is 17.9 Å². The van der Waals surface area contributed by atoms with Crippen LogP contribution >= 0.6 is 0 Å². The number of carboxylic acid groups (broad SMARTS) is 1. The summed E-state index contributed by atoms with van der Waals surface area (Å²) in [5.74, 6) is 0.118. The molecular formula is C11H14N2O6. The lowest BCUT2D eigenvalue weighted by Crippen LogP contribution is -2.36. The van der Waals surface area contributed by atoms with Gasteiger partial charge < -0.3 is 14.6 Å². The Morgan fingerprint density at radius 1 is 1.53 bits per heavy atom. The molecule has 0 aliphatic heterocycles. The van der Waals surface area contributed by atoms with Gasteiger partial charge in [0, 0.05) is 19.6 Å². The second-order valence-corrected chi connectivity index (χ2v) is 3.64. The van der Waals surface area contributed by atoms with Crippen molar-refractivity contribution >= 4 is 11.8 Å². The molecule has 1 aromatic rings. The van der Waals surface area contributed by atoms with Gasteiger partial charge in [0.15, 0.2) is 5.75 Å². The lowest BCUT2D eigenvalue weighted by Gasteiger charge is -2.15. The number of ether oxygens (including phenoxy) is 2. The van der Waals surface area contributed by atoms with Gasteiger partial charge >= 0.3 is 11.8 Å². The molecule has 0 fully saturated rings. The van der Waals surface area contributed by atoms with Gasteiger partial charge in [0.1, 0.15) is 6.23 Å². The van der Waals surface area contributed by atoms with Crippen LogP contribution in [0.2, 0.25) is 0 Å². The smallest absolute Gasteiger partial charge is 0.406 e. The third kappa shape index (κ3) is 4.11. The Morgan fingerprint density at radius 3 is 2.68 bits per heavy atom. The largest absolute Gasteiger partial charge is 0.490 e. The molecule has 0 spiro atoms. The Hall–Kier alpha value is -2.35. The molecule has 0 heterocycles. The predicted octanol–water partition coefficient (Wildman–Crippen LogP) is 1.39. The van der Waals surface area contributed by atoms with Gasteiger partial charge in [-0.1, -0.05) is 6.07 Å². The number of hydrogen-bond acceptors (Lipinski definition) is 5. The van der Waals surface area contributed by atoms with Crippen molar-refractivity contribution in [2.75, 3.05) is 14.2 Å². The van der Waals surface area contributed by atoms with Crippen molar-refractivity contribution in [3.63, 3.8) is 0 Å². The summed E-state index contributed by atoms with van der Waals surface area (Å²) in [4.78, 5) is 20.7. The van der Waals surface area contributed by atoms with Crippen LogP contribution < -0.4 is 10.1 Å². The van der Waals surface area contributed by atoms with E-state index in [1.54, 1.807) is 0 Å². The number of nitrogens with one attached hydrogen (secondary N) is 1. The van der Waals surface area contributed by atoms with Gasteiger partial charge in [-0.05, 0) is 11.6 Å². The minimum atomic E-state index is -1.21. The van der Waals surface area contributed by atoms with E-state index in [4.69, 9.17) is 14.6 Å². The molecule has 8 heteroatoms. The van der Waals surface area contributed by atoms with Crippen molar-refractivity contribution in [3.05, 3.63) is 33.9 Å². The zero-order valence-electron chi connectivity index (χ0n) is 10.5. The molecule has 0 bridgehead atoms. The Kier molecular flexibility index (Phi) is 5.07. The maximum absolute atomic E-state index is 10.7. The molecule has 8 nitrogen and oxygen atoms in total. The third-order valence-electron chi connectivity index (χ3n) is 2.43. The SMILES string of the molecule is COc1cc(CC(NC(=O)O)OC)ccc1[N+](=O)[O-]. The molecule has 0 saturated heterocycles. The number of amides is 1. The van der Waals surface area contributed by atoms with Gasteiger partial charge in [-0.25, -0.2) is 4.79 Å². The van der Waals surface area contributed by atoms with E-state index in [0.29, 0.717) is 5.56 Å². The van der Waals surface area contributed by atoms with Crippen LogP contribution in [0.4, 0.5) is 10.5 Å². The van der Waals surface area contributed by atoms with Gasteiger partial charge in [-0.3, -0.25) is 15.4 Å². The number of benzene rings is 1. The van der Waals surface area contributed by atoms with E-state index in [1.165, 1.54) is 32.4 Å². The number of methoxy groups -OCH3 is 2. The number of rotatable bonds is 6.